The van der Waals surface area contributed by atoms with E-state index in [9.17, 15) is 0 Å². The number of rotatable bonds is 5. The Kier molecular flexibility index (Phi) is 3.86. The van der Waals surface area contributed by atoms with Gasteiger partial charge >= 0.3 is 0 Å². The molecule has 104 valence electrons. The van der Waals surface area contributed by atoms with Crippen molar-refractivity contribution in [3.05, 3.63) is 40.6 Å². The Balaban J connectivity index is 1.79. The zero-order valence-corrected chi connectivity index (χ0v) is 12.2. The van der Waals surface area contributed by atoms with Crippen molar-refractivity contribution in [3.8, 4) is 0 Å². The molecule has 3 aromatic rings. The molecule has 2 N–H and O–H groups in total. The average Bonchev–Trinajstić information content (AvgIpc) is 3.07. The highest BCUT2D eigenvalue weighted by Crippen LogP contribution is 2.32. The molecule has 5 nitrogen and oxygen atoms in total. The molecule has 0 atom stereocenters. The van der Waals surface area contributed by atoms with Gasteiger partial charge in [0.2, 0.25) is 0 Å². The van der Waals surface area contributed by atoms with Crippen LogP contribution in [0.4, 0.5) is 5.69 Å². The van der Waals surface area contributed by atoms with E-state index in [1.54, 1.807) is 22.2 Å². The Morgan fingerprint density at radius 2 is 2.30 bits per heavy atom. The largest absolute Gasteiger partial charge is 0.394 e. The number of hydrogen-bond donors (Lipinski definition) is 2. The van der Waals surface area contributed by atoms with Gasteiger partial charge in [0, 0.05) is 18.3 Å². The van der Waals surface area contributed by atoms with Gasteiger partial charge in [-0.2, -0.15) is 5.10 Å². The highest BCUT2D eigenvalue weighted by atomic mass is 35.5. The van der Waals surface area contributed by atoms with Crippen LogP contribution in [0.1, 0.15) is 5.56 Å². The molecule has 0 amide bonds. The van der Waals surface area contributed by atoms with E-state index in [0.29, 0.717) is 18.1 Å². The van der Waals surface area contributed by atoms with E-state index in [0.717, 1.165) is 21.5 Å². The number of aliphatic hydroxyl groups is 1. The van der Waals surface area contributed by atoms with Crippen LogP contribution in [-0.4, -0.2) is 26.5 Å². The number of nitrogens with one attached hydrogen (secondary N) is 1. The summed E-state index contributed by atoms with van der Waals surface area (Å²) in [4.78, 5) is 4.34. The second-order valence-corrected chi connectivity index (χ2v) is 5.60. The van der Waals surface area contributed by atoms with E-state index in [1.807, 2.05) is 23.8 Å². The van der Waals surface area contributed by atoms with Crippen LogP contribution in [0.15, 0.2) is 30.0 Å². The van der Waals surface area contributed by atoms with Crippen LogP contribution >= 0.6 is 22.9 Å². The highest BCUT2D eigenvalue weighted by Gasteiger charge is 2.09. The van der Waals surface area contributed by atoms with Crippen LogP contribution in [0, 0.1) is 0 Å². The maximum absolute atomic E-state index is 8.87. The summed E-state index contributed by atoms with van der Waals surface area (Å²) in [5.41, 5.74) is 4.58. The van der Waals surface area contributed by atoms with Crippen molar-refractivity contribution < 1.29 is 5.11 Å². The van der Waals surface area contributed by atoms with E-state index in [1.165, 1.54) is 0 Å². The molecule has 0 saturated carbocycles. The molecule has 0 aliphatic rings. The Hall–Kier alpha value is -1.63. The standard InChI is InChI=1S/C13H13ClN4OS/c14-10-1-2-11-13(16-8-20-11)12(10)15-5-9-6-17-18(7-9)3-4-19/h1-2,6-8,15,19H,3-5H2. The smallest absolute Gasteiger partial charge is 0.106 e. The second-order valence-electron chi connectivity index (χ2n) is 4.31. The minimum absolute atomic E-state index is 0.0819. The van der Waals surface area contributed by atoms with Gasteiger partial charge in [-0.1, -0.05) is 11.6 Å². The summed E-state index contributed by atoms with van der Waals surface area (Å²) >= 11 is 7.82. The van der Waals surface area contributed by atoms with Gasteiger partial charge in [0.05, 0.1) is 40.3 Å². The number of fused-ring (bicyclic) bond motifs is 1. The van der Waals surface area contributed by atoms with Gasteiger partial charge < -0.3 is 10.4 Å². The van der Waals surface area contributed by atoms with E-state index in [4.69, 9.17) is 16.7 Å². The van der Waals surface area contributed by atoms with Crippen LogP contribution < -0.4 is 5.32 Å². The highest BCUT2D eigenvalue weighted by molar-refractivity contribution is 7.16. The summed E-state index contributed by atoms with van der Waals surface area (Å²) in [6.45, 7) is 1.20. The summed E-state index contributed by atoms with van der Waals surface area (Å²) in [5, 5.41) is 17.0. The lowest BCUT2D eigenvalue weighted by atomic mass is 10.2. The fourth-order valence-electron chi connectivity index (χ4n) is 1.99. The topological polar surface area (TPSA) is 63.0 Å². The normalized spacial score (nSPS) is 11.1. The number of thiazole rings is 1. The molecule has 0 radical (unpaired) electrons. The summed E-state index contributed by atoms with van der Waals surface area (Å²) in [6.07, 6.45) is 3.68. The van der Waals surface area contributed by atoms with Crippen molar-refractivity contribution in [2.24, 2.45) is 0 Å². The van der Waals surface area contributed by atoms with E-state index in [2.05, 4.69) is 15.4 Å². The summed E-state index contributed by atoms with van der Waals surface area (Å²) in [5.74, 6) is 0. The summed E-state index contributed by atoms with van der Waals surface area (Å²) < 4.78 is 2.81. The first-order chi connectivity index (χ1) is 9.78. The Morgan fingerprint density at radius 1 is 1.40 bits per heavy atom. The monoisotopic (exact) mass is 308 g/mol. The van der Waals surface area contributed by atoms with Gasteiger partial charge in [0.1, 0.15) is 5.52 Å². The molecule has 1 aromatic carbocycles. The van der Waals surface area contributed by atoms with Crippen LogP contribution in [0.25, 0.3) is 10.2 Å². The van der Waals surface area contributed by atoms with Crippen molar-refractivity contribution in [2.45, 2.75) is 13.1 Å². The average molecular weight is 309 g/mol. The number of anilines is 1. The zero-order valence-electron chi connectivity index (χ0n) is 10.6. The lowest BCUT2D eigenvalue weighted by Gasteiger charge is -2.07. The maximum atomic E-state index is 8.87. The lowest BCUT2D eigenvalue weighted by molar-refractivity contribution is 0.269. The Bertz CT molecular complexity index is 724. The molecule has 7 heteroatoms. The maximum Gasteiger partial charge on any atom is 0.106 e. The Labute approximate surface area is 124 Å². The molecule has 0 aliphatic carbocycles. The third-order valence-electron chi connectivity index (χ3n) is 2.94. The fourth-order valence-corrected chi connectivity index (χ4v) is 2.89. The molecule has 0 aliphatic heterocycles. The lowest BCUT2D eigenvalue weighted by Crippen LogP contribution is -2.02. The van der Waals surface area contributed by atoms with Crippen LogP contribution in [0.3, 0.4) is 0 Å². The van der Waals surface area contributed by atoms with Crippen LogP contribution in [-0.2, 0) is 13.1 Å². The second kappa shape index (κ2) is 5.78. The SMILES string of the molecule is OCCn1cc(CNc2c(Cl)ccc3scnc23)cn1. The first kappa shape index (κ1) is 13.4. The molecule has 0 unspecified atom stereocenters. The molecular weight excluding hydrogens is 296 g/mol. The first-order valence-electron chi connectivity index (χ1n) is 6.15. The van der Waals surface area contributed by atoms with Gasteiger partial charge in [-0.05, 0) is 12.1 Å². The van der Waals surface area contributed by atoms with Crippen LogP contribution in [0.5, 0.6) is 0 Å². The number of aliphatic hydroxyl groups excluding tert-OH is 1. The number of halogens is 1. The third-order valence-corrected chi connectivity index (χ3v) is 4.05. The van der Waals surface area contributed by atoms with E-state index >= 15 is 0 Å². The fraction of sp³-hybridized carbons (Fsp3) is 0.231. The van der Waals surface area contributed by atoms with Gasteiger partial charge in [0.15, 0.2) is 0 Å². The molecule has 0 saturated heterocycles. The van der Waals surface area contributed by atoms with E-state index in [-0.39, 0.29) is 6.61 Å². The van der Waals surface area contributed by atoms with Crippen molar-refractivity contribution in [1.29, 1.82) is 0 Å². The van der Waals surface area contributed by atoms with Crippen molar-refractivity contribution in [1.82, 2.24) is 14.8 Å². The number of nitrogens with zero attached hydrogens (tertiary/aromatic N) is 3. The quantitative estimate of drug-likeness (QED) is 0.761. The van der Waals surface area contributed by atoms with Crippen molar-refractivity contribution in [2.75, 3.05) is 11.9 Å². The number of hydrogen-bond acceptors (Lipinski definition) is 5. The molecule has 2 heterocycles. The van der Waals surface area contributed by atoms with E-state index < -0.39 is 0 Å². The van der Waals surface area contributed by atoms with Crippen LogP contribution in [0.2, 0.25) is 5.02 Å². The minimum atomic E-state index is 0.0819. The van der Waals surface area contributed by atoms with Gasteiger partial charge in [0.25, 0.3) is 0 Å². The van der Waals surface area contributed by atoms with Gasteiger partial charge in [-0.15, -0.1) is 11.3 Å². The predicted octanol–water partition coefficient (Wildman–Crippen LogP) is 2.75. The summed E-state index contributed by atoms with van der Waals surface area (Å²) in [6, 6.07) is 3.85. The molecular formula is C13H13ClN4OS. The molecule has 2 aromatic heterocycles. The minimum Gasteiger partial charge on any atom is -0.394 e. The number of aromatic nitrogens is 3. The summed E-state index contributed by atoms with van der Waals surface area (Å²) in [7, 11) is 0. The molecule has 0 bridgehead atoms. The van der Waals surface area contributed by atoms with Crippen molar-refractivity contribution >= 4 is 38.8 Å². The van der Waals surface area contributed by atoms with Gasteiger partial charge in [-0.25, -0.2) is 4.98 Å². The van der Waals surface area contributed by atoms with Crippen molar-refractivity contribution in [3.63, 3.8) is 0 Å². The third kappa shape index (κ3) is 2.63. The molecule has 0 spiro atoms. The first-order valence-corrected chi connectivity index (χ1v) is 7.41. The Morgan fingerprint density at radius 3 is 3.15 bits per heavy atom. The molecule has 3 rings (SSSR count). The molecule has 0 fully saturated rings. The zero-order chi connectivity index (χ0) is 13.9. The number of benzene rings is 1. The predicted molar refractivity (Wildman–Crippen MR) is 81.3 cm³/mol. The van der Waals surface area contributed by atoms with Gasteiger partial charge in [-0.3, -0.25) is 4.68 Å². The molecule has 20 heavy (non-hydrogen) atoms.